The van der Waals surface area contributed by atoms with Crippen LogP contribution in [-0.2, 0) is 12.8 Å². The van der Waals surface area contributed by atoms with Crippen LogP contribution < -0.4 is 5.32 Å². The highest BCUT2D eigenvalue weighted by molar-refractivity contribution is 5.99. The molecule has 0 saturated heterocycles. The number of rotatable bonds is 3. The quantitative estimate of drug-likeness (QED) is 0.881. The van der Waals surface area contributed by atoms with Crippen LogP contribution in [0.5, 0.6) is 0 Å². The Morgan fingerprint density at radius 3 is 2.90 bits per heavy atom. The largest absolute Gasteiger partial charge is 0.358 e. The number of hydrogen-bond donors (Lipinski definition) is 2. The van der Waals surface area contributed by atoms with Crippen molar-refractivity contribution in [3.05, 3.63) is 35.0 Å². The fourth-order valence-corrected chi connectivity index (χ4v) is 2.95. The molecular weight excluding hydrogens is 248 g/mol. The molecular formula is C17H22N2O. The molecule has 0 saturated carbocycles. The maximum Gasteiger partial charge on any atom is 0.251 e. The van der Waals surface area contributed by atoms with E-state index >= 15 is 0 Å². The highest BCUT2D eigenvalue weighted by Gasteiger charge is 2.16. The molecule has 0 radical (unpaired) electrons. The van der Waals surface area contributed by atoms with Gasteiger partial charge in [0.05, 0.1) is 0 Å². The third-order valence-electron chi connectivity index (χ3n) is 4.03. The number of benzene rings is 1. The van der Waals surface area contributed by atoms with Gasteiger partial charge in [0.1, 0.15) is 0 Å². The second-order valence-electron chi connectivity index (χ2n) is 6.15. The zero-order chi connectivity index (χ0) is 14.1. The van der Waals surface area contributed by atoms with E-state index in [1.165, 1.54) is 29.5 Å². The molecule has 0 fully saturated rings. The van der Waals surface area contributed by atoms with Crippen LogP contribution in [0.15, 0.2) is 18.2 Å². The number of aromatic amines is 1. The van der Waals surface area contributed by atoms with Crippen LogP contribution in [0.1, 0.15) is 48.3 Å². The monoisotopic (exact) mass is 270 g/mol. The predicted octanol–water partition coefficient (Wildman–Crippen LogP) is 3.43. The Morgan fingerprint density at radius 2 is 2.10 bits per heavy atom. The lowest BCUT2D eigenvalue weighted by Gasteiger charge is -2.11. The molecule has 106 valence electrons. The summed E-state index contributed by atoms with van der Waals surface area (Å²) in [5.74, 6) is 0.508. The minimum Gasteiger partial charge on any atom is -0.358 e. The van der Waals surface area contributed by atoms with E-state index in [0.29, 0.717) is 5.92 Å². The molecule has 0 unspecified atom stereocenters. The van der Waals surface area contributed by atoms with Crippen molar-refractivity contribution < 1.29 is 4.79 Å². The topological polar surface area (TPSA) is 44.9 Å². The van der Waals surface area contributed by atoms with E-state index in [-0.39, 0.29) is 5.91 Å². The molecule has 2 N–H and O–H groups in total. The van der Waals surface area contributed by atoms with Crippen LogP contribution in [0.2, 0.25) is 0 Å². The molecule has 3 nitrogen and oxygen atoms in total. The summed E-state index contributed by atoms with van der Waals surface area (Å²) in [5.41, 5.74) is 4.72. The Balaban J connectivity index is 1.91. The zero-order valence-electron chi connectivity index (χ0n) is 12.3. The molecule has 2 aromatic rings. The zero-order valence-corrected chi connectivity index (χ0v) is 12.3. The number of carbonyl (C=O) groups is 1. The second-order valence-corrected chi connectivity index (χ2v) is 6.15. The van der Waals surface area contributed by atoms with Crippen LogP contribution >= 0.6 is 0 Å². The number of aryl methyl sites for hydroxylation is 2. The van der Waals surface area contributed by atoms with Crippen LogP contribution in [0.3, 0.4) is 0 Å². The summed E-state index contributed by atoms with van der Waals surface area (Å²) in [5, 5.41) is 4.22. The molecule has 0 bridgehead atoms. The van der Waals surface area contributed by atoms with E-state index < -0.39 is 0 Å². The first-order chi connectivity index (χ1) is 9.65. The van der Waals surface area contributed by atoms with Gasteiger partial charge in [0.2, 0.25) is 0 Å². The SMILES string of the molecule is CC(C)CNC(=O)c1ccc2[nH]c3c(c2c1)CCCC3. The Morgan fingerprint density at radius 1 is 1.30 bits per heavy atom. The number of H-pyrrole nitrogens is 1. The van der Waals surface area contributed by atoms with Gasteiger partial charge in [-0.1, -0.05) is 13.8 Å². The van der Waals surface area contributed by atoms with Gasteiger partial charge in [-0.15, -0.1) is 0 Å². The van der Waals surface area contributed by atoms with E-state index in [4.69, 9.17) is 0 Å². The number of aromatic nitrogens is 1. The third kappa shape index (κ3) is 2.45. The van der Waals surface area contributed by atoms with Gasteiger partial charge in [0, 0.05) is 28.7 Å². The molecule has 1 aliphatic carbocycles. The molecule has 20 heavy (non-hydrogen) atoms. The number of carbonyl (C=O) groups excluding carboxylic acids is 1. The summed E-state index contributed by atoms with van der Waals surface area (Å²) in [6.45, 7) is 4.93. The molecule has 1 aromatic heterocycles. The number of amides is 1. The first-order valence-corrected chi connectivity index (χ1v) is 7.57. The van der Waals surface area contributed by atoms with Crippen LogP contribution in [0.4, 0.5) is 0 Å². The molecule has 1 amide bonds. The summed E-state index contributed by atoms with van der Waals surface area (Å²) in [6, 6.07) is 6.00. The van der Waals surface area contributed by atoms with Gasteiger partial charge in [-0.05, 0) is 55.4 Å². The Kier molecular flexibility index (Phi) is 3.51. The van der Waals surface area contributed by atoms with E-state index in [0.717, 1.165) is 30.5 Å². The van der Waals surface area contributed by atoms with Crippen molar-refractivity contribution in [2.75, 3.05) is 6.54 Å². The van der Waals surface area contributed by atoms with Crippen LogP contribution in [-0.4, -0.2) is 17.4 Å². The molecule has 0 aliphatic heterocycles. The Hall–Kier alpha value is -1.77. The normalized spacial score (nSPS) is 14.6. The van der Waals surface area contributed by atoms with Crippen molar-refractivity contribution in [2.24, 2.45) is 5.92 Å². The highest BCUT2D eigenvalue weighted by Crippen LogP contribution is 2.29. The minimum absolute atomic E-state index is 0.0337. The Labute approximate surface area is 119 Å². The van der Waals surface area contributed by atoms with Gasteiger partial charge >= 0.3 is 0 Å². The minimum atomic E-state index is 0.0337. The maximum atomic E-state index is 12.2. The van der Waals surface area contributed by atoms with Gasteiger partial charge < -0.3 is 10.3 Å². The van der Waals surface area contributed by atoms with Crippen LogP contribution in [0, 0.1) is 5.92 Å². The molecule has 0 atom stereocenters. The van der Waals surface area contributed by atoms with Gasteiger partial charge in [-0.2, -0.15) is 0 Å². The van der Waals surface area contributed by atoms with E-state index in [2.05, 4.69) is 24.1 Å². The Bertz CT molecular complexity index is 640. The number of hydrogen-bond acceptors (Lipinski definition) is 1. The first-order valence-electron chi connectivity index (χ1n) is 7.57. The standard InChI is InChI=1S/C17H22N2O/c1-11(2)10-18-17(20)12-7-8-16-14(9-12)13-5-3-4-6-15(13)19-16/h7-9,11,19H,3-6,10H2,1-2H3,(H,18,20). The van der Waals surface area contributed by atoms with E-state index in [9.17, 15) is 4.79 Å². The molecule has 1 aliphatic rings. The smallest absolute Gasteiger partial charge is 0.251 e. The number of fused-ring (bicyclic) bond motifs is 3. The summed E-state index contributed by atoms with van der Waals surface area (Å²) in [4.78, 5) is 15.7. The molecule has 1 heterocycles. The van der Waals surface area contributed by atoms with Crippen LogP contribution in [0.25, 0.3) is 10.9 Å². The lowest BCUT2D eigenvalue weighted by Crippen LogP contribution is -2.27. The molecule has 1 aromatic carbocycles. The summed E-state index contributed by atoms with van der Waals surface area (Å²) < 4.78 is 0. The summed E-state index contributed by atoms with van der Waals surface area (Å²) >= 11 is 0. The first kappa shape index (κ1) is 13.2. The van der Waals surface area contributed by atoms with Crippen molar-refractivity contribution in [1.29, 1.82) is 0 Å². The average molecular weight is 270 g/mol. The van der Waals surface area contributed by atoms with Gasteiger partial charge in [-0.3, -0.25) is 4.79 Å². The molecule has 3 heteroatoms. The lowest BCUT2D eigenvalue weighted by molar-refractivity contribution is 0.0949. The van der Waals surface area contributed by atoms with E-state index in [1.54, 1.807) is 0 Å². The van der Waals surface area contributed by atoms with Crippen molar-refractivity contribution in [2.45, 2.75) is 39.5 Å². The average Bonchev–Trinajstić information content (AvgIpc) is 2.82. The fraction of sp³-hybridized carbons (Fsp3) is 0.471. The van der Waals surface area contributed by atoms with Gasteiger partial charge in [0.25, 0.3) is 5.91 Å². The van der Waals surface area contributed by atoms with Crippen molar-refractivity contribution in [3.63, 3.8) is 0 Å². The highest BCUT2D eigenvalue weighted by atomic mass is 16.1. The summed E-state index contributed by atoms with van der Waals surface area (Å²) in [6.07, 6.45) is 4.79. The second kappa shape index (κ2) is 5.31. The molecule has 3 rings (SSSR count). The third-order valence-corrected chi connectivity index (χ3v) is 4.03. The fourth-order valence-electron chi connectivity index (χ4n) is 2.95. The predicted molar refractivity (Wildman–Crippen MR) is 82.1 cm³/mol. The van der Waals surface area contributed by atoms with E-state index in [1.807, 2.05) is 18.2 Å². The maximum absolute atomic E-state index is 12.2. The van der Waals surface area contributed by atoms with Crippen molar-refractivity contribution in [3.8, 4) is 0 Å². The van der Waals surface area contributed by atoms with Gasteiger partial charge in [-0.25, -0.2) is 0 Å². The molecule has 0 spiro atoms. The van der Waals surface area contributed by atoms with Gasteiger partial charge in [0.15, 0.2) is 0 Å². The lowest BCUT2D eigenvalue weighted by atomic mass is 9.95. The van der Waals surface area contributed by atoms with Crippen molar-refractivity contribution in [1.82, 2.24) is 10.3 Å². The van der Waals surface area contributed by atoms with Crippen molar-refractivity contribution >= 4 is 16.8 Å². The summed E-state index contributed by atoms with van der Waals surface area (Å²) in [7, 11) is 0. The number of nitrogens with one attached hydrogen (secondary N) is 2.